The summed E-state index contributed by atoms with van der Waals surface area (Å²) in [6.07, 6.45) is 4.55. The minimum atomic E-state index is -3.59. The van der Waals surface area contributed by atoms with Gasteiger partial charge in [-0.25, -0.2) is 13.1 Å². The molecule has 30 heavy (non-hydrogen) atoms. The number of carbonyl (C=O) groups excluding carboxylic acids is 1. The largest absolute Gasteiger partial charge is 0.339 e. The van der Waals surface area contributed by atoms with Crippen LogP contribution in [0.15, 0.2) is 53.6 Å². The SMILES string of the molecule is CCNS(=O)(=O)c1cccc(C(=O)N(C)C2CCN(CCc3ccccn3)CC2)c1. The number of hydrogen-bond donors (Lipinski definition) is 1. The molecule has 0 atom stereocenters. The van der Waals surface area contributed by atoms with Crippen LogP contribution in [0.1, 0.15) is 35.8 Å². The van der Waals surface area contributed by atoms with E-state index in [-0.39, 0.29) is 16.8 Å². The average molecular weight is 431 g/mol. The number of carbonyl (C=O) groups is 1. The molecule has 1 amide bonds. The predicted molar refractivity (Wildman–Crippen MR) is 117 cm³/mol. The fourth-order valence-corrected chi connectivity index (χ4v) is 4.87. The third-order valence-electron chi connectivity index (χ3n) is 5.56. The minimum Gasteiger partial charge on any atom is -0.339 e. The van der Waals surface area contributed by atoms with Crippen LogP contribution in [-0.2, 0) is 16.4 Å². The number of hydrogen-bond acceptors (Lipinski definition) is 5. The summed E-state index contributed by atoms with van der Waals surface area (Å²) >= 11 is 0. The lowest BCUT2D eigenvalue weighted by Gasteiger charge is -2.36. The van der Waals surface area contributed by atoms with Crippen LogP contribution in [0.5, 0.6) is 0 Å². The van der Waals surface area contributed by atoms with E-state index in [2.05, 4.69) is 14.6 Å². The Kier molecular flexibility index (Phi) is 7.58. The van der Waals surface area contributed by atoms with E-state index in [1.165, 1.54) is 12.1 Å². The predicted octanol–water partition coefficient (Wildman–Crippen LogP) is 2.16. The maximum absolute atomic E-state index is 13.0. The van der Waals surface area contributed by atoms with Gasteiger partial charge in [0.25, 0.3) is 5.91 Å². The van der Waals surface area contributed by atoms with Crippen molar-refractivity contribution in [1.29, 1.82) is 0 Å². The lowest BCUT2D eigenvalue weighted by Crippen LogP contribution is -2.46. The van der Waals surface area contributed by atoms with Crippen molar-refractivity contribution in [1.82, 2.24) is 19.5 Å². The van der Waals surface area contributed by atoms with E-state index in [4.69, 9.17) is 0 Å². The van der Waals surface area contributed by atoms with Crippen LogP contribution >= 0.6 is 0 Å². The normalized spacial score (nSPS) is 15.8. The van der Waals surface area contributed by atoms with Crippen LogP contribution in [0.4, 0.5) is 0 Å². The Morgan fingerprint density at radius 3 is 2.63 bits per heavy atom. The quantitative estimate of drug-likeness (QED) is 0.694. The fourth-order valence-electron chi connectivity index (χ4n) is 3.79. The van der Waals surface area contributed by atoms with Gasteiger partial charge < -0.3 is 9.80 Å². The van der Waals surface area contributed by atoms with Crippen LogP contribution in [0.3, 0.4) is 0 Å². The number of aromatic nitrogens is 1. The first kappa shape index (κ1) is 22.4. The van der Waals surface area contributed by atoms with Gasteiger partial charge in [0.2, 0.25) is 10.0 Å². The van der Waals surface area contributed by atoms with Crippen molar-refractivity contribution < 1.29 is 13.2 Å². The molecule has 3 rings (SSSR count). The molecule has 2 aromatic rings. The second kappa shape index (κ2) is 10.1. The highest BCUT2D eigenvalue weighted by Crippen LogP contribution is 2.19. The van der Waals surface area contributed by atoms with Crippen molar-refractivity contribution in [2.45, 2.75) is 37.1 Å². The second-order valence-electron chi connectivity index (χ2n) is 7.59. The molecule has 0 saturated carbocycles. The number of sulfonamides is 1. The van der Waals surface area contributed by atoms with Gasteiger partial charge in [0, 0.05) is 63.1 Å². The molecule has 162 valence electrons. The van der Waals surface area contributed by atoms with Gasteiger partial charge >= 0.3 is 0 Å². The Bertz CT molecular complexity index is 942. The number of benzene rings is 1. The van der Waals surface area contributed by atoms with Gasteiger partial charge in [-0.1, -0.05) is 19.1 Å². The molecule has 0 unspecified atom stereocenters. The fraction of sp³-hybridized carbons (Fsp3) is 0.455. The van der Waals surface area contributed by atoms with Crippen LogP contribution in [-0.4, -0.2) is 68.4 Å². The molecule has 8 heteroatoms. The lowest BCUT2D eigenvalue weighted by atomic mass is 10.0. The molecule has 0 radical (unpaired) electrons. The van der Waals surface area contributed by atoms with E-state index in [1.807, 2.05) is 31.4 Å². The first-order valence-corrected chi connectivity index (χ1v) is 11.9. The van der Waals surface area contributed by atoms with E-state index < -0.39 is 10.0 Å². The van der Waals surface area contributed by atoms with Gasteiger partial charge in [-0.3, -0.25) is 9.78 Å². The summed E-state index contributed by atoms with van der Waals surface area (Å²) < 4.78 is 26.9. The highest BCUT2D eigenvalue weighted by atomic mass is 32.2. The maximum Gasteiger partial charge on any atom is 0.253 e. The molecule has 1 aliphatic rings. The van der Waals surface area contributed by atoms with E-state index in [0.717, 1.165) is 44.6 Å². The smallest absolute Gasteiger partial charge is 0.253 e. The summed E-state index contributed by atoms with van der Waals surface area (Å²) in [5, 5.41) is 0. The van der Waals surface area contributed by atoms with E-state index >= 15 is 0 Å². The zero-order valence-electron chi connectivity index (χ0n) is 17.6. The summed E-state index contributed by atoms with van der Waals surface area (Å²) in [6, 6.07) is 12.4. The lowest BCUT2D eigenvalue weighted by molar-refractivity contribution is 0.0643. The third-order valence-corrected chi connectivity index (χ3v) is 7.10. The van der Waals surface area contributed by atoms with Gasteiger partial charge in [-0.15, -0.1) is 0 Å². The standard InChI is InChI=1S/C22H30N4O3S/c1-3-24-30(28,29)21-9-6-7-18(17-21)22(27)25(2)20-11-15-26(16-12-20)14-10-19-8-4-5-13-23-19/h4-9,13,17,20,24H,3,10-12,14-16H2,1-2H3. The van der Waals surface area contributed by atoms with Gasteiger partial charge in [0.1, 0.15) is 0 Å². The number of amides is 1. The molecule has 1 saturated heterocycles. The molecule has 1 N–H and O–H groups in total. The Morgan fingerprint density at radius 1 is 1.20 bits per heavy atom. The number of nitrogens with one attached hydrogen (secondary N) is 1. The topological polar surface area (TPSA) is 82.6 Å². The van der Waals surface area contributed by atoms with Gasteiger partial charge in [0.15, 0.2) is 0 Å². The number of piperidine rings is 1. The summed E-state index contributed by atoms with van der Waals surface area (Å²) in [6.45, 7) is 4.86. The second-order valence-corrected chi connectivity index (χ2v) is 9.36. The molecular formula is C22H30N4O3S. The molecule has 1 fully saturated rings. The van der Waals surface area contributed by atoms with Crippen molar-refractivity contribution in [3.8, 4) is 0 Å². The molecule has 1 aromatic heterocycles. The Hall–Kier alpha value is -2.29. The summed E-state index contributed by atoms with van der Waals surface area (Å²) in [5.41, 5.74) is 1.49. The van der Waals surface area contributed by atoms with E-state index in [9.17, 15) is 13.2 Å². The summed E-state index contributed by atoms with van der Waals surface area (Å²) in [7, 11) is -1.78. The zero-order valence-corrected chi connectivity index (χ0v) is 18.4. The Balaban J connectivity index is 1.56. The molecule has 1 aromatic carbocycles. The zero-order chi connectivity index (χ0) is 21.6. The van der Waals surface area contributed by atoms with Crippen LogP contribution in [0, 0.1) is 0 Å². The molecular weight excluding hydrogens is 400 g/mol. The molecule has 2 heterocycles. The number of nitrogens with zero attached hydrogens (tertiary/aromatic N) is 3. The third kappa shape index (κ3) is 5.65. The monoisotopic (exact) mass is 430 g/mol. The molecule has 0 bridgehead atoms. The van der Waals surface area contributed by atoms with Gasteiger partial charge in [-0.2, -0.15) is 0 Å². The highest BCUT2D eigenvalue weighted by molar-refractivity contribution is 7.89. The van der Waals surface area contributed by atoms with Crippen molar-refractivity contribution in [2.24, 2.45) is 0 Å². The first-order valence-electron chi connectivity index (χ1n) is 10.4. The summed E-state index contributed by atoms with van der Waals surface area (Å²) in [4.78, 5) is 21.6. The van der Waals surface area contributed by atoms with Crippen molar-refractivity contribution >= 4 is 15.9 Å². The van der Waals surface area contributed by atoms with E-state index in [0.29, 0.717) is 12.1 Å². The number of likely N-dealkylation sites (tertiary alicyclic amines) is 1. The molecule has 0 spiro atoms. The number of pyridine rings is 1. The van der Waals surface area contributed by atoms with Crippen molar-refractivity contribution in [3.63, 3.8) is 0 Å². The van der Waals surface area contributed by atoms with Gasteiger partial charge in [-0.05, 0) is 43.2 Å². The maximum atomic E-state index is 13.0. The van der Waals surface area contributed by atoms with Crippen LogP contribution < -0.4 is 4.72 Å². The number of rotatable bonds is 8. The Labute approximate surface area is 179 Å². The highest BCUT2D eigenvalue weighted by Gasteiger charge is 2.26. The summed E-state index contributed by atoms with van der Waals surface area (Å²) in [5.74, 6) is -0.143. The van der Waals surface area contributed by atoms with Crippen molar-refractivity contribution in [3.05, 3.63) is 59.9 Å². The van der Waals surface area contributed by atoms with E-state index in [1.54, 1.807) is 24.0 Å². The first-order chi connectivity index (χ1) is 14.4. The Morgan fingerprint density at radius 2 is 1.97 bits per heavy atom. The average Bonchev–Trinajstić information content (AvgIpc) is 2.78. The molecule has 7 nitrogen and oxygen atoms in total. The van der Waals surface area contributed by atoms with Crippen LogP contribution in [0.25, 0.3) is 0 Å². The minimum absolute atomic E-state index is 0.118. The van der Waals surface area contributed by atoms with Gasteiger partial charge in [0.05, 0.1) is 4.90 Å². The molecule has 0 aliphatic carbocycles. The van der Waals surface area contributed by atoms with Crippen LogP contribution in [0.2, 0.25) is 0 Å². The molecule has 1 aliphatic heterocycles. The van der Waals surface area contributed by atoms with Crippen molar-refractivity contribution in [2.75, 3.05) is 33.2 Å².